The Hall–Kier alpha value is -1.81. The van der Waals surface area contributed by atoms with E-state index < -0.39 is 6.10 Å². The van der Waals surface area contributed by atoms with Crippen LogP contribution in [0.5, 0.6) is 5.75 Å². The van der Waals surface area contributed by atoms with Gasteiger partial charge in [-0.2, -0.15) is 5.10 Å². The Balaban J connectivity index is 2.32. The van der Waals surface area contributed by atoms with Gasteiger partial charge in [0.15, 0.2) is 0 Å². The molecule has 0 aliphatic heterocycles. The van der Waals surface area contributed by atoms with E-state index in [2.05, 4.69) is 12.0 Å². The lowest BCUT2D eigenvalue weighted by Gasteiger charge is -2.16. The molecule has 0 saturated heterocycles. The zero-order valence-electron chi connectivity index (χ0n) is 11.4. The molecule has 102 valence electrons. The lowest BCUT2D eigenvalue weighted by atomic mass is 10.1. The Kier molecular flexibility index (Phi) is 4.58. The number of aromatic nitrogens is 2. The molecule has 4 heteroatoms. The third kappa shape index (κ3) is 2.96. The van der Waals surface area contributed by atoms with Crippen LogP contribution < -0.4 is 4.74 Å². The number of hydrogen-bond donors (Lipinski definition) is 1. The number of hydrogen-bond acceptors (Lipinski definition) is 3. The summed E-state index contributed by atoms with van der Waals surface area (Å²) >= 11 is 0. The Morgan fingerprint density at radius 3 is 2.79 bits per heavy atom. The molecule has 0 aliphatic rings. The first-order valence-electron chi connectivity index (χ1n) is 6.69. The molecule has 1 aromatic carbocycles. The zero-order chi connectivity index (χ0) is 13.7. The Bertz CT molecular complexity index is 522. The van der Waals surface area contributed by atoms with Crippen molar-refractivity contribution in [1.29, 1.82) is 0 Å². The summed E-state index contributed by atoms with van der Waals surface area (Å²) in [6.45, 7) is 5.41. The minimum Gasteiger partial charge on any atom is -0.493 e. The predicted molar refractivity (Wildman–Crippen MR) is 74.2 cm³/mol. The highest BCUT2D eigenvalue weighted by atomic mass is 16.5. The standard InChI is InChI=1S/C15H20N2O2/c1-3-11-17-13(9-10-16-17)15(18)12-7-5-6-8-14(12)19-4-2/h5-10,15,18H,3-4,11H2,1-2H3. The number of benzene rings is 1. The van der Waals surface area contributed by atoms with Crippen molar-refractivity contribution in [3.05, 3.63) is 47.8 Å². The summed E-state index contributed by atoms with van der Waals surface area (Å²) in [5.41, 5.74) is 1.58. The largest absolute Gasteiger partial charge is 0.493 e. The van der Waals surface area contributed by atoms with E-state index in [1.165, 1.54) is 0 Å². The number of aliphatic hydroxyl groups excluding tert-OH is 1. The second kappa shape index (κ2) is 6.38. The molecule has 0 spiro atoms. The molecule has 1 heterocycles. The zero-order valence-corrected chi connectivity index (χ0v) is 11.4. The maximum absolute atomic E-state index is 10.6. The van der Waals surface area contributed by atoms with Gasteiger partial charge >= 0.3 is 0 Å². The van der Waals surface area contributed by atoms with E-state index in [0.717, 1.165) is 30.0 Å². The van der Waals surface area contributed by atoms with Crippen LogP contribution in [0.4, 0.5) is 0 Å². The molecule has 1 N–H and O–H groups in total. The molecule has 0 amide bonds. The first-order chi connectivity index (χ1) is 9.27. The van der Waals surface area contributed by atoms with Crippen molar-refractivity contribution in [2.75, 3.05) is 6.61 Å². The van der Waals surface area contributed by atoms with Crippen LogP contribution in [0.3, 0.4) is 0 Å². The molecular weight excluding hydrogens is 240 g/mol. The fourth-order valence-corrected chi connectivity index (χ4v) is 2.13. The Labute approximate surface area is 113 Å². The average Bonchev–Trinajstić information content (AvgIpc) is 2.88. The molecular formula is C15H20N2O2. The van der Waals surface area contributed by atoms with E-state index in [1.807, 2.05) is 41.9 Å². The molecule has 19 heavy (non-hydrogen) atoms. The number of aryl methyl sites for hydroxylation is 1. The normalized spacial score (nSPS) is 12.4. The van der Waals surface area contributed by atoms with Crippen LogP contribution in [0.1, 0.15) is 37.6 Å². The SMILES string of the molecule is CCCn1nccc1C(O)c1ccccc1OCC. The highest BCUT2D eigenvalue weighted by Crippen LogP contribution is 2.29. The van der Waals surface area contributed by atoms with E-state index in [4.69, 9.17) is 4.74 Å². The van der Waals surface area contributed by atoms with Crippen molar-refractivity contribution >= 4 is 0 Å². The first kappa shape index (κ1) is 13.6. The number of ether oxygens (including phenoxy) is 1. The van der Waals surface area contributed by atoms with Crippen LogP contribution in [0, 0.1) is 0 Å². The lowest BCUT2D eigenvalue weighted by molar-refractivity contribution is 0.200. The molecule has 0 radical (unpaired) electrons. The Morgan fingerprint density at radius 1 is 1.26 bits per heavy atom. The van der Waals surface area contributed by atoms with Gasteiger partial charge in [-0.05, 0) is 25.5 Å². The van der Waals surface area contributed by atoms with Gasteiger partial charge in [-0.25, -0.2) is 0 Å². The Morgan fingerprint density at radius 2 is 2.05 bits per heavy atom. The second-order valence-corrected chi connectivity index (χ2v) is 4.35. The molecule has 4 nitrogen and oxygen atoms in total. The smallest absolute Gasteiger partial charge is 0.125 e. The molecule has 2 aromatic rings. The molecule has 0 fully saturated rings. The second-order valence-electron chi connectivity index (χ2n) is 4.35. The molecule has 0 aliphatic carbocycles. The average molecular weight is 260 g/mol. The quantitative estimate of drug-likeness (QED) is 0.868. The predicted octanol–water partition coefficient (Wildman–Crippen LogP) is 2.77. The van der Waals surface area contributed by atoms with Gasteiger partial charge in [0, 0.05) is 18.3 Å². The fourth-order valence-electron chi connectivity index (χ4n) is 2.13. The third-order valence-electron chi connectivity index (χ3n) is 2.98. The first-order valence-corrected chi connectivity index (χ1v) is 6.69. The van der Waals surface area contributed by atoms with Crippen molar-refractivity contribution in [2.24, 2.45) is 0 Å². The number of para-hydroxylation sites is 1. The monoisotopic (exact) mass is 260 g/mol. The van der Waals surface area contributed by atoms with Crippen LogP contribution >= 0.6 is 0 Å². The summed E-state index contributed by atoms with van der Waals surface area (Å²) in [5, 5.41) is 14.8. The van der Waals surface area contributed by atoms with Crippen molar-refractivity contribution in [3.8, 4) is 5.75 Å². The van der Waals surface area contributed by atoms with Gasteiger partial charge in [0.25, 0.3) is 0 Å². The van der Waals surface area contributed by atoms with E-state index in [0.29, 0.717) is 6.61 Å². The molecule has 2 rings (SSSR count). The minimum atomic E-state index is -0.711. The van der Waals surface area contributed by atoms with Gasteiger partial charge < -0.3 is 9.84 Å². The van der Waals surface area contributed by atoms with Crippen molar-refractivity contribution < 1.29 is 9.84 Å². The van der Waals surface area contributed by atoms with Gasteiger partial charge in [0.1, 0.15) is 11.9 Å². The molecule has 1 unspecified atom stereocenters. The minimum absolute atomic E-state index is 0.581. The summed E-state index contributed by atoms with van der Waals surface area (Å²) < 4.78 is 7.41. The van der Waals surface area contributed by atoms with Gasteiger partial charge in [0.05, 0.1) is 12.3 Å². The summed E-state index contributed by atoms with van der Waals surface area (Å²) in [5.74, 6) is 0.724. The van der Waals surface area contributed by atoms with Gasteiger partial charge in [-0.3, -0.25) is 4.68 Å². The van der Waals surface area contributed by atoms with E-state index in [9.17, 15) is 5.11 Å². The topological polar surface area (TPSA) is 47.3 Å². The van der Waals surface area contributed by atoms with Gasteiger partial charge in [-0.1, -0.05) is 25.1 Å². The molecule has 0 bridgehead atoms. The number of aliphatic hydroxyl groups is 1. The van der Waals surface area contributed by atoms with Crippen LogP contribution in [-0.2, 0) is 6.54 Å². The molecule has 1 aromatic heterocycles. The molecule has 1 atom stereocenters. The highest BCUT2D eigenvalue weighted by Gasteiger charge is 2.18. The van der Waals surface area contributed by atoms with Crippen LogP contribution in [0.25, 0.3) is 0 Å². The van der Waals surface area contributed by atoms with Crippen molar-refractivity contribution in [2.45, 2.75) is 32.9 Å². The van der Waals surface area contributed by atoms with Crippen molar-refractivity contribution in [3.63, 3.8) is 0 Å². The van der Waals surface area contributed by atoms with Crippen molar-refractivity contribution in [1.82, 2.24) is 9.78 Å². The maximum atomic E-state index is 10.6. The summed E-state index contributed by atoms with van der Waals surface area (Å²) in [6.07, 6.45) is 1.99. The molecule has 0 saturated carbocycles. The fraction of sp³-hybridized carbons (Fsp3) is 0.400. The van der Waals surface area contributed by atoms with Crippen LogP contribution in [0.15, 0.2) is 36.5 Å². The third-order valence-corrected chi connectivity index (χ3v) is 2.98. The van der Waals surface area contributed by atoms with Gasteiger partial charge in [0.2, 0.25) is 0 Å². The maximum Gasteiger partial charge on any atom is 0.125 e. The van der Waals surface area contributed by atoms with E-state index >= 15 is 0 Å². The van der Waals surface area contributed by atoms with Crippen LogP contribution in [0.2, 0.25) is 0 Å². The number of rotatable bonds is 6. The van der Waals surface area contributed by atoms with E-state index in [-0.39, 0.29) is 0 Å². The summed E-state index contributed by atoms with van der Waals surface area (Å²) in [4.78, 5) is 0. The highest BCUT2D eigenvalue weighted by molar-refractivity contribution is 5.38. The van der Waals surface area contributed by atoms with Gasteiger partial charge in [-0.15, -0.1) is 0 Å². The summed E-state index contributed by atoms with van der Waals surface area (Å²) in [7, 11) is 0. The van der Waals surface area contributed by atoms with Crippen LogP contribution in [-0.4, -0.2) is 21.5 Å². The number of nitrogens with zero attached hydrogens (tertiary/aromatic N) is 2. The van der Waals surface area contributed by atoms with E-state index in [1.54, 1.807) is 6.20 Å². The lowest BCUT2D eigenvalue weighted by Crippen LogP contribution is -2.11. The summed E-state index contributed by atoms with van der Waals surface area (Å²) in [6, 6.07) is 9.43.